The Hall–Kier alpha value is -3.71. The number of nitro benzene ring substituents is 1. The maximum absolute atomic E-state index is 15.9. The van der Waals surface area contributed by atoms with E-state index in [0.717, 1.165) is 41.4 Å². The number of unbranched alkanes of at least 4 members (excludes halogenated alkanes) is 1. The molecule has 0 N–H and O–H groups in total. The second-order valence-corrected chi connectivity index (χ2v) is 13.1. The van der Waals surface area contributed by atoms with Crippen LogP contribution >= 0.6 is 30.7 Å². The number of nitro groups is 1. The molecule has 1 atom stereocenters. The molecule has 1 unspecified atom stereocenters. The van der Waals surface area contributed by atoms with Crippen LogP contribution in [0.15, 0.2) is 73.1 Å². The summed E-state index contributed by atoms with van der Waals surface area (Å²) in [4.78, 5) is 37.9. The summed E-state index contributed by atoms with van der Waals surface area (Å²) in [5, 5.41) is 11.0. The van der Waals surface area contributed by atoms with Crippen molar-refractivity contribution in [2.24, 2.45) is 0 Å². The van der Waals surface area contributed by atoms with Crippen LogP contribution in [-0.2, 0) is 19.5 Å². The van der Waals surface area contributed by atoms with Gasteiger partial charge in [-0.25, -0.2) is 9.36 Å². The van der Waals surface area contributed by atoms with E-state index in [-0.39, 0.29) is 45.6 Å². The van der Waals surface area contributed by atoms with E-state index in [1.807, 2.05) is 0 Å². The largest absolute Gasteiger partial charge is 0.453 e. The van der Waals surface area contributed by atoms with E-state index in [1.165, 1.54) is 61.7 Å². The predicted octanol–water partition coefficient (Wildman–Crippen LogP) is 7.82. The fraction of sp³-hybridized carbons (Fsp3) is 0.222. The van der Waals surface area contributed by atoms with Gasteiger partial charge in [-0.15, -0.1) is 11.3 Å². The van der Waals surface area contributed by atoms with Gasteiger partial charge < -0.3 is 9.26 Å². The van der Waals surface area contributed by atoms with Crippen LogP contribution in [0.5, 0.6) is 11.5 Å². The van der Waals surface area contributed by atoms with Crippen molar-refractivity contribution in [1.29, 1.82) is 0 Å². The predicted molar refractivity (Wildman–Crippen MR) is 155 cm³/mol. The summed E-state index contributed by atoms with van der Waals surface area (Å²) in [6.45, 7) is 1.12. The molecule has 2 heterocycles. The zero-order valence-electron chi connectivity index (χ0n) is 21.9. The molecular formula is C27H23F2N2O8PS2. The molecule has 10 nitrogen and oxygen atoms in total. The molecule has 4 rings (SSSR count). The van der Waals surface area contributed by atoms with Gasteiger partial charge >= 0.3 is 19.2 Å². The van der Waals surface area contributed by atoms with E-state index in [9.17, 15) is 24.3 Å². The highest BCUT2D eigenvalue weighted by molar-refractivity contribution is 8.13. The summed E-state index contributed by atoms with van der Waals surface area (Å²) in [6, 6.07) is 12.6. The third kappa shape index (κ3) is 7.57. The molecule has 0 fully saturated rings. The van der Waals surface area contributed by atoms with Crippen LogP contribution in [0, 0.1) is 10.1 Å². The minimum absolute atomic E-state index is 0.0698. The number of hydrogen-bond acceptors (Lipinski definition) is 11. The Morgan fingerprint density at radius 1 is 1.10 bits per heavy atom. The van der Waals surface area contributed by atoms with Gasteiger partial charge in [-0.3, -0.25) is 24.4 Å². The van der Waals surface area contributed by atoms with Gasteiger partial charge in [0.25, 0.3) is 5.69 Å². The molecule has 2 aromatic carbocycles. The maximum Gasteiger partial charge on any atom is 0.453 e. The number of carbonyl (C=O) groups excluding carboxylic acids is 2. The third-order valence-electron chi connectivity index (χ3n) is 5.63. The number of non-ortho nitro benzene ring substituents is 1. The standard InChI is InChI=1S/C27H23F2N2O8PS2/c1-18(32)41-14-3-2-13-37-40(36,39-23-5-4-12-30-17-23)27(28,29)20-6-11-24-19(15-20)16-25(42-24)26(33)38-22-9-7-21(8-10-22)31(34)35/h4-12,15-17H,2-3,13-14H2,1H3. The Bertz CT molecular complexity index is 1630. The second kappa shape index (κ2) is 13.5. The first-order valence-electron chi connectivity index (χ1n) is 12.3. The highest BCUT2D eigenvalue weighted by Gasteiger charge is 2.56. The van der Waals surface area contributed by atoms with Crippen molar-refractivity contribution in [2.45, 2.75) is 25.4 Å². The van der Waals surface area contributed by atoms with Gasteiger partial charge in [0.2, 0.25) is 0 Å². The summed E-state index contributed by atoms with van der Waals surface area (Å²) in [5.74, 6) is -0.413. The molecule has 0 spiro atoms. The number of nitrogens with zero attached hydrogens (tertiary/aromatic N) is 2. The SMILES string of the molecule is CC(=O)SCCCCOP(=O)(Oc1cccnc1)C(F)(F)c1ccc2sc(C(=O)Oc3ccc([N+](=O)[O-])cc3)cc2c1. The molecule has 2 aromatic heterocycles. The number of aromatic nitrogens is 1. The fourth-order valence-corrected chi connectivity index (χ4v) is 6.69. The van der Waals surface area contributed by atoms with Crippen LogP contribution in [-0.4, -0.2) is 33.4 Å². The second-order valence-electron chi connectivity index (χ2n) is 8.70. The first-order chi connectivity index (χ1) is 20.0. The Morgan fingerprint density at radius 2 is 1.86 bits per heavy atom. The van der Waals surface area contributed by atoms with Crippen molar-refractivity contribution in [3.05, 3.63) is 93.6 Å². The monoisotopic (exact) mass is 636 g/mol. The maximum atomic E-state index is 15.9. The van der Waals surface area contributed by atoms with Crippen molar-refractivity contribution >= 4 is 57.6 Å². The number of carbonyl (C=O) groups is 2. The van der Waals surface area contributed by atoms with E-state index in [4.69, 9.17) is 13.8 Å². The van der Waals surface area contributed by atoms with Crippen LogP contribution in [0.3, 0.4) is 0 Å². The lowest BCUT2D eigenvalue weighted by molar-refractivity contribution is -0.384. The number of halogens is 2. The van der Waals surface area contributed by atoms with Crippen molar-refractivity contribution < 1.29 is 41.6 Å². The number of rotatable bonds is 13. The molecule has 0 aliphatic carbocycles. The number of pyridine rings is 1. The van der Waals surface area contributed by atoms with Gasteiger partial charge in [0, 0.05) is 41.3 Å². The number of hydrogen-bond donors (Lipinski definition) is 0. The lowest BCUT2D eigenvalue weighted by Gasteiger charge is -2.27. The molecule has 0 aliphatic rings. The molecule has 0 aliphatic heterocycles. The quantitative estimate of drug-likeness (QED) is 0.0357. The zero-order chi connectivity index (χ0) is 30.3. The van der Waals surface area contributed by atoms with Gasteiger partial charge in [0.1, 0.15) is 16.4 Å². The highest BCUT2D eigenvalue weighted by atomic mass is 32.2. The highest BCUT2D eigenvalue weighted by Crippen LogP contribution is 2.66. The normalized spacial score (nSPS) is 12.9. The average molecular weight is 637 g/mol. The first-order valence-corrected chi connectivity index (χ1v) is 15.7. The van der Waals surface area contributed by atoms with Crippen LogP contribution in [0.25, 0.3) is 10.1 Å². The Kier molecular flexibility index (Phi) is 10.0. The molecule has 4 aromatic rings. The first kappa shape index (κ1) is 31.2. The third-order valence-corrected chi connectivity index (χ3v) is 9.55. The van der Waals surface area contributed by atoms with Gasteiger partial charge in [-0.2, -0.15) is 8.78 Å². The van der Waals surface area contributed by atoms with E-state index < -0.39 is 29.7 Å². The minimum atomic E-state index is -5.16. The number of ether oxygens (including phenoxy) is 1. The summed E-state index contributed by atoms with van der Waals surface area (Å²) < 4.78 is 61.8. The lowest BCUT2D eigenvalue weighted by Crippen LogP contribution is -2.20. The zero-order valence-corrected chi connectivity index (χ0v) is 24.5. The summed E-state index contributed by atoms with van der Waals surface area (Å²) in [6.07, 6.45) is 3.28. The Labute approximate surface area is 246 Å². The number of thioether (sulfide) groups is 1. The molecule has 15 heteroatoms. The van der Waals surface area contributed by atoms with Gasteiger partial charge in [-0.05, 0) is 60.7 Å². The van der Waals surface area contributed by atoms with Crippen LogP contribution in [0.2, 0.25) is 0 Å². The van der Waals surface area contributed by atoms with Crippen molar-refractivity contribution in [3.63, 3.8) is 0 Å². The number of alkyl halides is 2. The molecule has 0 amide bonds. The number of fused-ring (bicyclic) bond motifs is 1. The molecular weight excluding hydrogens is 613 g/mol. The average Bonchev–Trinajstić information content (AvgIpc) is 3.39. The summed E-state index contributed by atoms with van der Waals surface area (Å²) in [7, 11) is -5.16. The van der Waals surface area contributed by atoms with E-state index in [1.54, 1.807) is 0 Å². The molecule has 0 saturated heterocycles. The smallest absolute Gasteiger partial charge is 0.422 e. The number of thiophene rings is 1. The van der Waals surface area contributed by atoms with Crippen LogP contribution in [0.4, 0.5) is 14.5 Å². The number of benzene rings is 2. The van der Waals surface area contributed by atoms with Crippen molar-refractivity contribution in [3.8, 4) is 11.5 Å². The number of esters is 1. The van der Waals surface area contributed by atoms with Gasteiger partial charge in [-0.1, -0.05) is 17.8 Å². The molecule has 220 valence electrons. The van der Waals surface area contributed by atoms with E-state index in [2.05, 4.69) is 4.98 Å². The van der Waals surface area contributed by atoms with E-state index in [0.29, 0.717) is 16.9 Å². The fourth-order valence-electron chi connectivity index (χ4n) is 3.59. The van der Waals surface area contributed by atoms with Gasteiger partial charge in [0.05, 0.1) is 17.7 Å². The molecule has 0 radical (unpaired) electrons. The van der Waals surface area contributed by atoms with E-state index >= 15 is 8.78 Å². The topological polar surface area (TPSA) is 135 Å². The summed E-state index contributed by atoms with van der Waals surface area (Å²) >= 11 is 2.09. The molecule has 0 saturated carbocycles. The Morgan fingerprint density at radius 3 is 2.52 bits per heavy atom. The van der Waals surface area contributed by atoms with Crippen LogP contribution in [0.1, 0.15) is 35.0 Å². The molecule has 42 heavy (non-hydrogen) atoms. The van der Waals surface area contributed by atoms with Crippen molar-refractivity contribution in [1.82, 2.24) is 4.98 Å². The minimum Gasteiger partial charge on any atom is -0.422 e. The van der Waals surface area contributed by atoms with Gasteiger partial charge in [0.15, 0.2) is 5.12 Å². The van der Waals surface area contributed by atoms with Crippen LogP contribution < -0.4 is 9.26 Å². The molecule has 0 bridgehead atoms. The summed E-state index contributed by atoms with van der Waals surface area (Å²) in [5.41, 5.74) is -4.92. The lowest BCUT2D eigenvalue weighted by atomic mass is 10.1. The van der Waals surface area contributed by atoms with Crippen molar-refractivity contribution in [2.75, 3.05) is 12.4 Å². The Balaban J connectivity index is 1.55.